The maximum Gasteiger partial charge on any atom is 0.326 e. The van der Waals surface area contributed by atoms with Gasteiger partial charge in [0, 0.05) is 18.5 Å². The third-order valence-corrected chi connectivity index (χ3v) is 7.36. The van der Waals surface area contributed by atoms with E-state index < -0.39 is 36.0 Å². The van der Waals surface area contributed by atoms with Crippen LogP contribution >= 0.6 is 0 Å². The number of piperidine rings is 1. The fourth-order valence-corrected chi connectivity index (χ4v) is 5.13. The van der Waals surface area contributed by atoms with E-state index in [1.54, 1.807) is 24.3 Å². The highest BCUT2D eigenvalue weighted by Crippen LogP contribution is 2.23. The number of carboxylic acids is 1. The van der Waals surface area contributed by atoms with E-state index in [0.29, 0.717) is 29.6 Å². The summed E-state index contributed by atoms with van der Waals surface area (Å²) in [6.45, 7) is 2.53. The van der Waals surface area contributed by atoms with Crippen molar-refractivity contribution in [2.45, 2.75) is 56.9 Å². The van der Waals surface area contributed by atoms with Gasteiger partial charge in [0.2, 0.25) is 0 Å². The molecular weight excluding hydrogens is 530 g/mol. The Morgan fingerprint density at radius 3 is 2.44 bits per heavy atom. The molecule has 2 amide bonds. The average molecular weight is 570 g/mol. The lowest BCUT2D eigenvalue weighted by molar-refractivity contribution is -0.144. The smallest absolute Gasteiger partial charge is 0.326 e. The van der Waals surface area contributed by atoms with Gasteiger partial charge in [0.25, 0.3) is 11.8 Å². The minimum atomic E-state index is -1.30. The van der Waals surface area contributed by atoms with Gasteiger partial charge in [-0.1, -0.05) is 36.4 Å². The number of carbonyl (C=O) groups is 3. The highest BCUT2D eigenvalue weighted by Gasteiger charge is 2.41. The summed E-state index contributed by atoms with van der Waals surface area (Å²) < 4.78 is 22.1. The molecular formula is C30H39N3O8. The van der Waals surface area contributed by atoms with Gasteiger partial charge in [0.05, 0.1) is 13.7 Å². The summed E-state index contributed by atoms with van der Waals surface area (Å²) in [4.78, 5) is 38.0. The minimum Gasteiger partial charge on any atom is -0.496 e. The fourth-order valence-electron chi connectivity index (χ4n) is 5.13. The van der Waals surface area contributed by atoms with Gasteiger partial charge in [-0.25, -0.2) is 4.79 Å². The fraction of sp³-hybridized carbons (Fsp3) is 0.500. The number of para-hydroxylation sites is 2. The summed E-state index contributed by atoms with van der Waals surface area (Å²) in [5.41, 5.74) is 1.41. The number of aliphatic carboxylic acids is 1. The van der Waals surface area contributed by atoms with Crippen molar-refractivity contribution in [3.05, 3.63) is 59.7 Å². The molecule has 0 radical (unpaired) electrons. The monoisotopic (exact) mass is 569 g/mol. The quantitative estimate of drug-likeness (QED) is 0.251. The summed E-state index contributed by atoms with van der Waals surface area (Å²) in [7, 11) is 1.54. The van der Waals surface area contributed by atoms with Crippen molar-refractivity contribution in [2.75, 3.05) is 33.6 Å². The van der Waals surface area contributed by atoms with E-state index >= 15 is 0 Å². The number of nitrogens with one attached hydrogen (secondary N) is 3. The number of amides is 2. The number of rotatable bonds is 14. The van der Waals surface area contributed by atoms with Gasteiger partial charge in [-0.2, -0.15) is 0 Å². The molecule has 0 bridgehead atoms. The van der Waals surface area contributed by atoms with Gasteiger partial charge in [0.1, 0.15) is 24.3 Å². The molecule has 0 aliphatic carbocycles. The number of hydrogen-bond donors (Lipinski definition) is 4. The van der Waals surface area contributed by atoms with Gasteiger partial charge < -0.3 is 40.0 Å². The first-order valence-electron chi connectivity index (χ1n) is 14.0. The van der Waals surface area contributed by atoms with Crippen LogP contribution in [0.5, 0.6) is 11.5 Å². The number of carbonyl (C=O) groups excluding carboxylic acids is 2. The van der Waals surface area contributed by atoms with E-state index in [0.717, 1.165) is 31.5 Å². The molecule has 2 fully saturated rings. The van der Waals surface area contributed by atoms with Crippen LogP contribution in [0.3, 0.4) is 0 Å². The Morgan fingerprint density at radius 2 is 1.73 bits per heavy atom. The van der Waals surface area contributed by atoms with E-state index in [9.17, 15) is 19.5 Å². The number of ether oxygens (including phenoxy) is 4. The second kappa shape index (κ2) is 15.4. The Bertz CT molecular complexity index is 1170. The van der Waals surface area contributed by atoms with Crippen molar-refractivity contribution < 1.29 is 38.4 Å². The largest absolute Gasteiger partial charge is 0.496 e. The molecule has 4 atom stereocenters. The topological polar surface area (TPSA) is 144 Å². The molecule has 0 spiro atoms. The first-order valence-corrected chi connectivity index (χ1v) is 14.0. The third kappa shape index (κ3) is 8.66. The molecule has 41 heavy (non-hydrogen) atoms. The van der Waals surface area contributed by atoms with E-state index in [2.05, 4.69) is 16.0 Å². The molecule has 4 N–H and O–H groups in total. The second-order valence-electron chi connectivity index (χ2n) is 10.2. The Labute approximate surface area is 239 Å². The highest BCUT2D eigenvalue weighted by atomic mass is 16.7. The zero-order valence-corrected chi connectivity index (χ0v) is 23.3. The molecule has 2 heterocycles. The maximum atomic E-state index is 13.1. The molecule has 2 aromatic rings. The molecule has 2 aromatic carbocycles. The standard InChI is InChI=1S/C30H39N3O8/c1-38-24-12-4-3-11-22(24)18-32-28(34)26-27(41-19-40-26)29(35)33-23(30(36)37)16-21-10-2-5-13-25(21)39-15-7-9-20-8-6-14-31-17-20/h2-5,10-13,20,23,26-27,31H,6-9,14-19H2,1H3,(H,32,34)(H,33,35)(H,36,37)/t20?,23-,26+,27+/m0/s1. The van der Waals surface area contributed by atoms with Gasteiger partial charge >= 0.3 is 5.97 Å². The normalized spacial score (nSPS) is 21.0. The summed E-state index contributed by atoms with van der Waals surface area (Å²) in [6, 6.07) is 13.2. The lowest BCUT2D eigenvalue weighted by Gasteiger charge is -2.23. The molecule has 2 aliphatic heterocycles. The summed E-state index contributed by atoms with van der Waals surface area (Å²) in [5.74, 6) is -0.656. The first-order chi connectivity index (χ1) is 20.0. The Balaban J connectivity index is 1.31. The summed E-state index contributed by atoms with van der Waals surface area (Å²) >= 11 is 0. The van der Waals surface area contributed by atoms with Crippen molar-refractivity contribution in [1.82, 2.24) is 16.0 Å². The van der Waals surface area contributed by atoms with Crippen LogP contribution in [0.2, 0.25) is 0 Å². The van der Waals surface area contributed by atoms with Gasteiger partial charge in [-0.15, -0.1) is 0 Å². The van der Waals surface area contributed by atoms with Gasteiger partial charge in [-0.3, -0.25) is 9.59 Å². The number of hydrogen-bond acceptors (Lipinski definition) is 8. The lowest BCUT2D eigenvalue weighted by Crippen LogP contribution is -2.52. The molecule has 2 saturated heterocycles. The highest BCUT2D eigenvalue weighted by molar-refractivity contribution is 5.93. The van der Waals surface area contributed by atoms with Crippen LogP contribution < -0.4 is 25.4 Å². The van der Waals surface area contributed by atoms with Crippen molar-refractivity contribution in [1.29, 1.82) is 0 Å². The van der Waals surface area contributed by atoms with Crippen LogP contribution in [0.1, 0.15) is 36.8 Å². The predicted molar refractivity (Wildman–Crippen MR) is 149 cm³/mol. The van der Waals surface area contributed by atoms with Crippen molar-refractivity contribution >= 4 is 17.8 Å². The number of methoxy groups -OCH3 is 1. The van der Waals surface area contributed by atoms with E-state index in [-0.39, 0.29) is 19.8 Å². The zero-order valence-electron chi connectivity index (χ0n) is 23.3. The predicted octanol–water partition coefficient (Wildman–Crippen LogP) is 2.02. The van der Waals surface area contributed by atoms with Crippen LogP contribution in [-0.4, -0.2) is 74.7 Å². The van der Waals surface area contributed by atoms with Crippen LogP contribution in [0.25, 0.3) is 0 Å². The zero-order chi connectivity index (χ0) is 29.0. The van der Waals surface area contributed by atoms with E-state index in [1.807, 2.05) is 24.3 Å². The van der Waals surface area contributed by atoms with E-state index in [1.165, 1.54) is 20.0 Å². The maximum absolute atomic E-state index is 13.1. The van der Waals surface area contributed by atoms with E-state index in [4.69, 9.17) is 18.9 Å². The molecule has 11 nitrogen and oxygen atoms in total. The Kier molecular flexibility index (Phi) is 11.4. The Morgan fingerprint density at radius 1 is 1.02 bits per heavy atom. The van der Waals surface area contributed by atoms with Crippen LogP contribution in [0.4, 0.5) is 0 Å². The minimum absolute atomic E-state index is 0.00202. The van der Waals surface area contributed by atoms with Crippen molar-refractivity contribution in [2.24, 2.45) is 5.92 Å². The Hall–Kier alpha value is -3.67. The van der Waals surface area contributed by atoms with Crippen molar-refractivity contribution in [3.8, 4) is 11.5 Å². The number of benzene rings is 2. The van der Waals surface area contributed by atoms with Crippen LogP contribution in [-0.2, 0) is 36.8 Å². The first kappa shape index (κ1) is 30.3. The molecule has 0 saturated carbocycles. The SMILES string of the molecule is COc1ccccc1CNC(=O)[C@@H]1OCO[C@H]1C(=O)N[C@@H](Cc1ccccc1OCCCC1CCCNC1)C(=O)O. The van der Waals surface area contributed by atoms with Crippen molar-refractivity contribution in [3.63, 3.8) is 0 Å². The average Bonchev–Trinajstić information content (AvgIpc) is 3.49. The van der Waals surface area contributed by atoms with Gasteiger partial charge in [-0.05, 0) is 62.4 Å². The molecule has 11 heteroatoms. The summed E-state index contributed by atoms with van der Waals surface area (Å²) in [5, 5.41) is 18.6. The number of carboxylic acid groups (broad SMARTS) is 1. The van der Waals surface area contributed by atoms with Gasteiger partial charge in [0.15, 0.2) is 12.2 Å². The van der Waals surface area contributed by atoms with Crippen LogP contribution in [0, 0.1) is 5.92 Å². The summed E-state index contributed by atoms with van der Waals surface area (Å²) in [6.07, 6.45) is 1.87. The molecule has 4 rings (SSSR count). The lowest BCUT2D eigenvalue weighted by atomic mass is 9.95. The van der Waals surface area contributed by atoms with Crippen LogP contribution in [0.15, 0.2) is 48.5 Å². The molecule has 0 aromatic heterocycles. The second-order valence-corrected chi connectivity index (χ2v) is 10.2. The third-order valence-electron chi connectivity index (χ3n) is 7.36. The molecule has 222 valence electrons. The molecule has 2 aliphatic rings. The molecule has 1 unspecified atom stereocenters.